The van der Waals surface area contributed by atoms with Crippen LogP contribution in [-0.4, -0.2) is 35.9 Å². The molecule has 0 saturated heterocycles. The second-order valence-corrected chi connectivity index (χ2v) is 7.53. The van der Waals surface area contributed by atoms with Gasteiger partial charge in [-0.2, -0.15) is 0 Å². The average molecular weight is 411 g/mol. The van der Waals surface area contributed by atoms with Crippen LogP contribution in [0.2, 0.25) is 0 Å². The Morgan fingerprint density at radius 3 is 2.43 bits per heavy atom. The van der Waals surface area contributed by atoms with Gasteiger partial charge in [0.1, 0.15) is 11.8 Å². The molecule has 0 radical (unpaired) electrons. The first-order chi connectivity index (χ1) is 14.5. The molecule has 0 aliphatic carbocycles. The number of unbranched alkanes of at least 4 members (excludes halogenated alkanes) is 1. The van der Waals surface area contributed by atoms with Crippen LogP contribution in [0.1, 0.15) is 50.7 Å². The summed E-state index contributed by atoms with van der Waals surface area (Å²) in [6, 6.07) is 17.0. The van der Waals surface area contributed by atoms with Crippen molar-refractivity contribution in [3.63, 3.8) is 0 Å². The van der Waals surface area contributed by atoms with Gasteiger partial charge in [0.25, 0.3) is 0 Å². The zero-order valence-corrected chi connectivity index (χ0v) is 18.4. The molecule has 2 rings (SSSR count). The van der Waals surface area contributed by atoms with Gasteiger partial charge in [-0.1, -0.05) is 55.8 Å². The summed E-state index contributed by atoms with van der Waals surface area (Å²) in [6.07, 6.45) is 2.89. The maximum absolute atomic E-state index is 13.0. The first-order valence-electron chi connectivity index (χ1n) is 10.8. The lowest BCUT2D eigenvalue weighted by Gasteiger charge is -2.29. The molecule has 0 unspecified atom stereocenters. The molecule has 162 valence electrons. The van der Waals surface area contributed by atoms with Crippen LogP contribution in [-0.2, 0) is 16.1 Å². The summed E-state index contributed by atoms with van der Waals surface area (Å²) in [5.74, 6) is 0.657. The summed E-state index contributed by atoms with van der Waals surface area (Å²) >= 11 is 0. The minimum Gasteiger partial charge on any atom is -0.494 e. The standard InChI is InChI=1S/C25H34N2O3/c1-4-5-17-26-25(29)21(3)27(19-22-13-10-9-12-20(22)2)24(28)16-11-18-30-23-14-7-6-8-15-23/h6-10,12-15,21H,4-5,11,16-19H2,1-3H3,(H,26,29)/t21-/m1/s1. The molecule has 0 heterocycles. The van der Waals surface area contributed by atoms with Gasteiger partial charge in [-0.05, 0) is 49.9 Å². The van der Waals surface area contributed by atoms with E-state index in [9.17, 15) is 9.59 Å². The lowest BCUT2D eigenvalue weighted by molar-refractivity contribution is -0.140. The number of hydrogen-bond donors (Lipinski definition) is 1. The maximum atomic E-state index is 13.0. The van der Waals surface area contributed by atoms with Crippen molar-refractivity contribution in [1.82, 2.24) is 10.2 Å². The third-order valence-electron chi connectivity index (χ3n) is 5.15. The van der Waals surface area contributed by atoms with Gasteiger partial charge in [0.2, 0.25) is 11.8 Å². The van der Waals surface area contributed by atoms with Crippen molar-refractivity contribution in [2.45, 2.75) is 59.0 Å². The molecule has 5 nitrogen and oxygen atoms in total. The van der Waals surface area contributed by atoms with Crippen molar-refractivity contribution in [2.24, 2.45) is 0 Å². The molecule has 2 amide bonds. The summed E-state index contributed by atoms with van der Waals surface area (Å²) in [5.41, 5.74) is 2.17. The van der Waals surface area contributed by atoms with E-state index in [0.717, 1.165) is 29.7 Å². The van der Waals surface area contributed by atoms with Gasteiger partial charge in [-0.15, -0.1) is 0 Å². The highest BCUT2D eigenvalue weighted by Gasteiger charge is 2.26. The Kier molecular flexibility index (Phi) is 9.92. The van der Waals surface area contributed by atoms with Crippen LogP contribution in [0.3, 0.4) is 0 Å². The monoisotopic (exact) mass is 410 g/mol. The molecule has 0 aliphatic rings. The molecular weight excluding hydrogens is 376 g/mol. The van der Waals surface area contributed by atoms with Gasteiger partial charge in [-0.25, -0.2) is 0 Å². The Morgan fingerprint density at radius 1 is 1.03 bits per heavy atom. The minimum absolute atomic E-state index is 0.0342. The number of amides is 2. The van der Waals surface area contributed by atoms with Crippen LogP contribution < -0.4 is 10.1 Å². The second-order valence-electron chi connectivity index (χ2n) is 7.53. The van der Waals surface area contributed by atoms with E-state index < -0.39 is 6.04 Å². The molecule has 5 heteroatoms. The number of aryl methyl sites for hydroxylation is 1. The predicted octanol–water partition coefficient (Wildman–Crippen LogP) is 4.49. The van der Waals surface area contributed by atoms with E-state index in [0.29, 0.717) is 32.5 Å². The lowest BCUT2D eigenvalue weighted by atomic mass is 10.1. The molecule has 0 spiro atoms. The molecule has 30 heavy (non-hydrogen) atoms. The maximum Gasteiger partial charge on any atom is 0.242 e. The van der Waals surface area contributed by atoms with E-state index in [1.54, 1.807) is 11.8 Å². The SMILES string of the molecule is CCCCNC(=O)[C@@H](C)N(Cc1ccccc1C)C(=O)CCCOc1ccccc1. The Hall–Kier alpha value is -2.82. The zero-order chi connectivity index (χ0) is 21.8. The molecule has 2 aromatic carbocycles. The Labute approximate surface area is 180 Å². The fraction of sp³-hybridized carbons (Fsp3) is 0.440. The molecule has 2 aromatic rings. The highest BCUT2D eigenvalue weighted by atomic mass is 16.5. The second kappa shape index (κ2) is 12.7. The number of nitrogens with zero attached hydrogens (tertiary/aromatic N) is 1. The van der Waals surface area contributed by atoms with Crippen molar-refractivity contribution in [3.8, 4) is 5.75 Å². The van der Waals surface area contributed by atoms with E-state index in [2.05, 4.69) is 12.2 Å². The third kappa shape index (κ3) is 7.54. The highest BCUT2D eigenvalue weighted by Crippen LogP contribution is 2.15. The number of hydrogen-bond acceptors (Lipinski definition) is 3. The van der Waals surface area contributed by atoms with Crippen LogP contribution >= 0.6 is 0 Å². The molecule has 1 atom stereocenters. The van der Waals surface area contributed by atoms with E-state index in [4.69, 9.17) is 4.74 Å². The fourth-order valence-electron chi connectivity index (χ4n) is 3.16. The number of para-hydroxylation sites is 1. The van der Waals surface area contributed by atoms with Gasteiger partial charge in [-0.3, -0.25) is 9.59 Å². The van der Waals surface area contributed by atoms with Gasteiger partial charge < -0.3 is 15.0 Å². The molecule has 0 fully saturated rings. The molecule has 1 N–H and O–H groups in total. The number of benzene rings is 2. The summed E-state index contributed by atoms with van der Waals surface area (Å²) < 4.78 is 5.70. The van der Waals surface area contributed by atoms with E-state index in [1.807, 2.05) is 61.5 Å². The molecule has 0 saturated carbocycles. The molecule has 0 bridgehead atoms. The Balaban J connectivity index is 1.98. The van der Waals surface area contributed by atoms with Crippen molar-refractivity contribution in [1.29, 1.82) is 0 Å². The summed E-state index contributed by atoms with van der Waals surface area (Å²) in [4.78, 5) is 27.3. The largest absolute Gasteiger partial charge is 0.494 e. The van der Waals surface area contributed by atoms with Crippen LogP contribution in [0.5, 0.6) is 5.75 Å². The Bertz CT molecular complexity index is 792. The van der Waals surface area contributed by atoms with Crippen LogP contribution in [0.25, 0.3) is 0 Å². The molecule has 0 aromatic heterocycles. The number of carbonyl (C=O) groups is 2. The topological polar surface area (TPSA) is 58.6 Å². The summed E-state index contributed by atoms with van der Waals surface area (Å²) in [5, 5.41) is 2.95. The van der Waals surface area contributed by atoms with Crippen molar-refractivity contribution in [3.05, 3.63) is 65.7 Å². The lowest BCUT2D eigenvalue weighted by Crippen LogP contribution is -2.47. The number of rotatable bonds is 12. The third-order valence-corrected chi connectivity index (χ3v) is 5.15. The smallest absolute Gasteiger partial charge is 0.242 e. The number of nitrogens with one attached hydrogen (secondary N) is 1. The summed E-state index contributed by atoms with van der Waals surface area (Å²) in [7, 11) is 0. The van der Waals surface area contributed by atoms with Crippen molar-refractivity contribution in [2.75, 3.05) is 13.2 Å². The van der Waals surface area contributed by atoms with Crippen LogP contribution in [0, 0.1) is 6.92 Å². The highest BCUT2D eigenvalue weighted by molar-refractivity contribution is 5.87. The Morgan fingerprint density at radius 2 is 1.73 bits per heavy atom. The van der Waals surface area contributed by atoms with Crippen molar-refractivity contribution >= 4 is 11.8 Å². The quantitative estimate of drug-likeness (QED) is 0.525. The first-order valence-corrected chi connectivity index (χ1v) is 10.8. The minimum atomic E-state index is -0.524. The zero-order valence-electron chi connectivity index (χ0n) is 18.4. The van der Waals surface area contributed by atoms with E-state index >= 15 is 0 Å². The van der Waals surface area contributed by atoms with Gasteiger partial charge in [0, 0.05) is 19.5 Å². The van der Waals surface area contributed by atoms with E-state index in [1.165, 1.54) is 0 Å². The van der Waals surface area contributed by atoms with Gasteiger partial charge in [0.05, 0.1) is 6.61 Å². The summed E-state index contributed by atoms with van der Waals surface area (Å²) in [6.45, 7) is 7.44. The average Bonchev–Trinajstić information content (AvgIpc) is 2.76. The van der Waals surface area contributed by atoms with Crippen LogP contribution in [0.15, 0.2) is 54.6 Å². The fourth-order valence-corrected chi connectivity index (χ4v) is 3.16. The van der Waals surface area contributed by atoms with Gasteiger partial charge in [0.15, 0.2) is 0 Å². The molecular formula is C25H34N2O3. The van der Waals surface area contributed by atoms with Gasteiger partial charge >= 0.3 is 0 Å². The molecule has 0 aliphatic heterocycles. The van der Waals surface area contributed by atoms with Crippen LogP contribution in [0.4, 0.5) is 0 Å². The first kappa shape index (κ1) is 23.5. The van der Waals surface area contributed by atoms with Crippen molar-refractivity contribution < 1.29 is 14.3 Å². The van der Waals surface area contributed by atoms with E-state index in [-0.39, 0.29) is 11.8 Å². The predicted molar refractivity (Wildman–Crippen MR) is 120 cm³/mol. The number of ether oxygens (including phenoxy) is 1. The number of carbonyl (C=O) groups excluding carboxylic acids is 2. The normalized spacial score (nSPS) is 11.6.